The highest BCUT2D eigenvalue weighted by Crippen LogP contribution is 2.18. The molecule has 26 heavy (non-hydrogen) atoms. The third-order valence-corrected chi connectivity index (χ3v) is 3.84. The first-order valence-electron chi connectivity index (χ1n) is 8.33. The molecule has 0 saturated carbocycles. The van der Waals surface area contributed by atoms with Crippen LogP contribution in [-0.4, -0.2) is 31.6 Å². The highest BCUT2D eigenvalue weighted by atomic mass is 19.1. The third kappa shape index (κ3) is 5.88. The number of aryl methyl sites for hydroxylation is 1. The molecule has 0 bridgehead atoms. The number of halogens is 1. The highest BCUT2D eigenvalue weighted by Gasteiger charge is 2.14. The third-order valence-electron chi connectivity index (χ3n) is 3.84. The van der Waals surface area contributed by atoms with Gasteiger partial charge in [0.25, 0.3) is 5.91 Å². The van der Waals surface area contributed by atoms with Gasteiger partial charge in [-0.25, -0.2) is 9.18 Å². The van der Waals surface area contributed by atoms with Crippen molar-refractivity contribution in [1.82, 2.24) is 5.32 Å². The summed E-state index contributed by atoms with van der Waals surface area (Å²) in [5.41, 5.74) is 1.22. The maximum absolute atomic E-state index is 13.6. The summed E-state index contributed by atoms with van der Waals surface area (Å²) in [6.07, 6.45) is 1.61. The fourth-order valence-corrected chi connectivity index (χ4v) is 2.42. The number of hydrogen-bond donors (Lipinski definition) is 1. The molecule has 0 aliphatic rings. The number of amides is 1. The predicted molar refractivity (Wildman–Crippen MR) is 95.6 cm³/mol. The van der Waals surface area contributed by atoms with Crippen molar-refractivity contribution >= 4 is 11.9 Å². The molecule has 2 aromatic rings. The summed E-state index contributed by atoms with van der Waals surface area (Å²) in [4.78, 5) is 23.8. The van der Waals surface area contributed by atoms with Gasteiger partial charge in [0.15, 0.2) is 18.2 Å². The van der Waals surface area contributed by atoms with E-state index in [2.05, 4.69) is 5.32 Å². The molecule has 1 amide bonds. The summed E-state index contributed by atoms with van der Waals surface area (Å²) in [6, 6.07) is 13.6. The van der Waals surface area contributed by atoms with Gasteiger partial charge < -0.3 is 14.8 Å². The fraction of sp³-hybridized carbons (Fsp3) is 0.300. The zero-order valence-electron chi connectivity index (χ0n) is 14.8. The average Bonchev–Trinajstić information content (AvgIpc) is 2.65. The molecule has 0 heterocycles. The molecular weight excluding hydrogens is 337 g/mol. The summed E-state index contributed by atoms with van der Waals surface area (Å²) < 4.78 is 23.3. The first-order chi connectivity index (χ1) is 12.5. The highest BCUT2D eigenvalue weighted by molar-refractivity contribution is 5.91. The van der Waals surface area contributed by atoms with E-state index in [1.807, 2.05) is 37.3 Å². The largest absolute Gasteiger partial charge is 0.494 e. The van der Waals surface area contributed by atoms with Gasteiger partial charge in [0.1, 0.15) is 0 Å². The molecule has 0 fully saturated rings. The molecule has 0 spiro atoms. The van der Waals surface area contributed by atoms with Crippen LogP contribution in [0.3, 0.4) is 0 Å². The topological polar surface area (TPSA) is 64.6 Å². The molecule has 0 aromatic heterocycles. The second-order valence-electron chi connectivity index (χ2n) is 5.92. The van der Waals surface area contributed by atoms with E-state index in [1.54, 1.807) is 0 Å². The molecule has 1 atom stereocenters. The van der Waals surface area contributed by atoms with Crippen molar-refractivity contribution in [3.8, 4) is 5.75 Å². The average molecular weight is 359 g/mol. The van der Waals surface area contributed by atoms with Crippen LogP contribution in [0.25, 0.3) is 0 Å². The fourth-order valence-electron chi connectivity index (χ4n) is 2.42. The van der Waals surface area contributed by atoms with Crippen LogP contribution in [0.2, 0.25) is 0 Å². The minimum Gasteiger partial charge on any atom is -0.494 e. The van der Waals surface area contributed by atoms with Crippen LogP contribution in [-0.2, 0) is 16.0 Å². The van der Waals surface area contributed by atoms with E-state index >= 15 is 0 Å². The number of benzene rings is 2. The number of carbonyl (C=O) groups is 2. The van der Waals surface area contributed by atoms with E-state index in [-0.39, 0.29) is 17.4 Å². The molecule has 0 unspecified atom stereocenters. The van der Waals surface area contributed by atoms with Gasteiger partial charge in [-0.3, -0.25) is 4.79 Å². The minimum atomic E-state index is -0.765. The zero-order valence-corrected chi connectivity index (χ0v) is 14.8. The van der Waals surface area contributed by atoms with Crippen LogP contribution in [0, 0.1) is 5.82 Å². The number of carbonyl (C=O) groups excluding carboxylic acids is 2. The summed E-state index contributed by atoms with van der Waals surface area (Å²) in [7, 11) is 1.33. The van der Waals surface area contributed by atoms with Gasteiger partial charge in [0.2, 0.25) is 0 Å². The Morgan fingerprint density at radius 3 is 2.54 bits per heavy atom. The lowest BCUT2D eigenvalue weighted by atomic mass is 10.1. The quantitative estimate of drug-likeness (QED) is 0.736. The van der Waals surface area contributed by atoms with Gasteiger partial charge >= 0.3 is 5.97 Å². The number of methoxy groups -OCH3 is 1. The van der Waals surface area contributed by atoms with Gasteiger partial charge in [-0.2, -0.15) is 0 Å². The van der Waals surface area contributed by atoms with E-state index in [0.717, 1.165) is 18.9 Å². The molecule has 1 N–H and O–H groups in total. The molecule has 5 nitrogen and oxygen atoms in total. The molecule has 6 heteroatoms. The van der Waals surface area contributed by atoms with Crippen LogP contribution >= 0.6 is 0 Å². The lowest BCUT2D eigenvalue weighted by molar-refractivity contribution is -0.124. The number of hydrogen-bond acceptors (Lipinski definition) is 4. The lowest BCUT2D eigenvalue weighted by Crippen LogP contribution is -2.36. The van der Waals surface area contributed by atoms with Gasteiger partial charge in [-0.1, -0.05) is 30.3 Å². The molecule has 138 valence electrons. The van der Waals surface area contributed by atoms with Crippen molar-refractivity contribution in [2.45, 2.75) is 25.8 Å². The predicted octanol–water partition coefficient (Wildman–Crippen LogP) is 3.13. The SMILES string of the molecule is COc1ccc(C(=O)OCC(=O)N[C@@H](C)CCc2ccccc2)cc1F. The first kappa shape index (κ1) is 19.4. The maximum atomic E-state index is 13.6. The number of ether oxygens (including phenoxy) is 2. The van der Waals surface area contributed by atoms with Gasteiger partial charge in [0, 0.05) is 6.04 Å². The standard InChI is InChI=1S/C20H22FNO4/c1-14(8-9-15-6-4-3-5-7-15)22-19(23)13-26-20(24)16-10-11-18(25-2)17(21)12-16/h3-7,10-12,14H,8-9,13H2,1-2H3,(H,22,23)/t14-/m0/s1. The van der Waals surface area contributed by atoms with Gasteiger partial charge in [-0.05, 0) is 43.5 Å². The molecule has 0 aliphatic heterocycles. The Morgan fingerprint density at radius 1 is 1.15 bits per heavy atom. The summed E-state index contributed by atoms with van der Waals surface area (Å²) >= 11 is 0. The Morgan fingerprint density at radius 2 is 1.88 bits per heavy atom. The van der Waals surface area contributed by atoms with Crippen molar-refractivity contribution in [3.63, 3.8) is 0 Å². The summed E-state index contributed by atoms with van der Waals surface area (Å²) in [6.45, 7) is 1.48. The van der Waals surface area contributed by atoms with Crippen LogP contribution < -0.4 is 10.1 Å². The van der Waals surface area contributed by atoms with E-state index in [0.29, 0.717) is 0 Å². The van der Waals surface area contributed by atoms with Gasteiger partial charge in [0.05, 0.1) is 12.7 Å². The van der Waals surface area contributed by atoms with Crippen molar-refractivity contribution in [2.24, 2.45) is 0 Å². The maximum Gasteiger partial charge on any atom is 0.338 e. The Balaban J connectivity index is 1.75. The Kier molecular flexibility index (Phi) is 7.14. The number of rotatable bonds is 8. The molecule has 0 radical (unpaired) electrons. The van der Waals surface area contributed by atoms with Crippen LogP contribution in [0.4, 0.5) is 4.39 Å². The molecule has 0 aliphatic carbocycles. The van der Waals surface area contributed by atoms with Crippen molar-refractivity contribution in [2.75, 3.05) is 13.7 Å². The smallest absolute Gasteiger partial charge is 0.338 e. The normalized spacial score (nSPS) is 11.5. The van der Waals surface area contributed by atoms with E-state index in [4.69, 9.17) is 9.47 Å². The molecule has 0 saturated heterocycles. The summed E-state index contributed by atoms with van der Waals surface area (Å²) in [5.74, 6) is -1.79. The van der Waals surface area contributed by atoms with Crippen molar-refractivity contribution < 1.29 is 23.5 Å². The molecular formula is C20H22FNO4. The van der Waals surface area contributed by atoms with Crippen molar-refractivity contribution in [1.29, 1.82) is 0 Å². The monoisotopic (exact) mass is 359 g/mol. The van der Waals surface area contributed by atoms with Crippen LogP contribution in [0.15, 0.2) is 48.5 Å². The van der Waals surface area contributed by atoms with E-state index in [1.165, 1.54) is 24.8 Å². The first-order valence-corrected chi connectivity index (χ1v) is 8.33. The molecule has 2 aromatic carbocycles. The van der Waals surface area contributed by atoms with Crippen LogP contribution in [0.5, 0.6) is 5.75 Å². The second-order valence-corrected chi connectivity index (χ2v) is 5.92. The molecule has 2 rings (SSSR count). The second kappa shape index (κ2) is 9.56. The van der Waals surface area contributed by atoms with Crippen molar-refractivity contribution in [3.05, 3.63) is 65.5 Å². The number of nitrogens with one attached hydrogen (secondary N) is 1. The Hall–Kier alpha value is -2.89. The Labute approximate surface area is 152 Å². The van der Waals surface area contributed by atoms with Gasteiger partial charge in [-0.15, -0.1) is 0 Å². The zero-order chi connectivity index (χ0) is 18.9. The van der Waals surface area contributed by atoms with E-state index < -0.39 is 24.3 Å². The Bertz CT molecular complexity index is 749. The summed E-state index contributed by atoms with van der Waals surface area (Å²) in [5, 5.41) is 2.78. The number of esters is 1. The minimum absolute atomic E-state index is 0.0215. The lowest BCUT2D eigenvalue weighted by Gasteiger charge is -2.14. The van der Waals surface area contributed by atoms with Crippen LogP contribution in [0.1, 0.15) is 29.3 Å². The van der Waals surface area contributed by atoms with E-state index in [9.17, 15) is 14.0 Å².